The fourth-order valence-electron chi connectivity index (χ4n) is 3.62. The fourth-order valence-corrected chi connectivity index (χ4v) is 4.91. The summed E-state index contributed by atoms with van der Waals surface area (Å²) in [6.07, 6.45) is 5.95. The summed E-state index contributed by atoms with van der Waals surface area (Å²) in [5.74, 6) is 2.86. The third kappa shape index (κ3) is 5.44. The zero-order chi connectivity index (χ0) is 15.3. The highest BCUT2D eigenvalue weighted by atomic mass is 127. The molecule has 4 nitrogen and oxygen atoms in total. The van der Waals surface area contributed by atoms with Crippen molar-refractivity contribution in [3.63, 3.8) is 0 Å². The predicted molar refractivity (Wildman–Crippen MR) is 107 cm³/mol. The Morgan fingerprint density at radius 1 is 1.41 bits per heavy atom. The van der Waals surface area contributed by atoms with Gasteiger partial charge in [-0.05, 0) is 36.9 Å². The number of piperidine rings is 1. The van der Waals surface area contributed by atoms with Crippen LogP contribution in [0.15, 0.2) is 4.99 Å². The number of nitrogens with one attached hydrogen (secondary N) is 1. The van der Waals surface area contributed by atoms with Crippen LogP contribution in [0.2, 0.25) is 0 Å². The van der Waals surface area contributed by atoms with Crippen molar-refractivity contribution in [2.45, 2.75) is 51.6 Å². The van der Waals surface area contributed by atoms with Gasteiger partial charge in [0.25, 0.3) is 0 Å². The maximum atomic E-state index is 10.5. The monoisotopic (exact) mass is 441 g/mol. The highest BCUT2D eigenvalue weighted by Crippen LogP contribution is 2.34. The van der Waals surface area contributed by atoms with Gasteiger partial charge in [-0.25, -0.2) is 0 Å². The van der Waals surface area contributed by atoms with Crippen molar-refractivity contribution >= 4 is 41.7 Å². The standard InChI is InChI=1S/C16H31N3OS.HI/c1-4-6-15(2)7-5-9-19(12-15)14(17-3)18-11-16(20)8-10-21-13-16;/h20H,4-13H2,1-3H3,(H,17,18);1H. The molecule has 2 saturated heterocycles. The summed E-state index contributed by atoms with van der Waals surface area (Å²) in [6, 6.07) is 0. The van der Waals surface area contributed by atoms with E-state index < -0.39 is 5.60 Å². The van der Waals surface area contributed by atoms with Crippen molar-refractivity contribution in [2.24, 2.45) is 10.4 Å². The molecular weight excluding hydrogens is 409 g/mol. The maximum absolute atomic E-state index is 10.5. The number of aliphatic imine (C=N–C) groups is 1. The zero-order valence-electron chi connectivity index (χ0n) is 14.2. The third-order valence-corrected chi connectivity index (χ3v) is 6.04. The molecule has 2 rings (SSSR count). The summed E-state index contributed by atoms with van der Waals surface area (Å²) in [4.78, 5) is 6.82. The number of thioether (sulfide) groups is 1. The SMILES string of the molecule is CCCC1(C)CCCN(C(=NC)NCC2(O)CCSC2)C1.I. The molecule has 2 aliphatic heterocycles. The van der Waals surface area contributed by atoms with Crippen LogP contribution in [0.1, 0.15) is 46.0 Å². The third-order valence-electron chi connectivity index (χ3n) is 4.80. The number of likely N-dealkylation sites (tertiary alicyclic amines) is 1. The van der Waals surface area contributed by atoms with E-state index in [1.807, 2.05) is 18.8 Å². The Bertz CT molecular complexity index is 370. The van der Waals surface area contributed by atoms with Gasteiger partial charge in [0.15, 0.2) is 5.96 Å². The van der Waals surface area contributed by atoms with Crippen molar-refractivity contribution in [1.29, 1.82) is 0 Å². The molecule has 2 N–H and O–H groups in total. The van der Waals surface area contributed by atoms with Crippen LogP contribution in [0.4, 0.5) is 0 Å². The minimum atomic E-state index is -0.552. The quantitative estimate of drug-likeness (QED) is 0.400. The first-order valence-corrected chi connectivity index (χ1v) is 9.41. The second-order valence-electron chi connectivity index (χ2n) is 7.01. The van der Waals surface area contributed by atoms with E-state index in [1.54, 1.807) is 0 Å². The van der Waals surface area contributed by atoms with Gasteiger partial charge in [0.2, 0.25) is 0 Å². The normalized spacial score (nSPS) is 32.7. The van der Waals surface area contributed by atoms with Crippen LogP contribution in [0.25, 0.3) is 0 Å². The molecule has 2 unspecified atom stereocenters. The van der Waals surface area contributed by atoms with Gasteiger partial charge in [-0.1, -0.05) is 20.3 Å². The van der Waals surface area contributed by atoms with Gasteiger partial charge >= 0.3 is 0 Å². The fraction of sp³-hybridized carbons (Fsp3) is 0.938. The lowest BCUT2D eigenvalue weighted by atomic mass is 9.78. The molecule has 0 aromatic carbocycles. The van der Waals surface area contributed by atoms with Crippen molar-refractivity contribution < 1.29 is 5.11 Å². The Balaban J connectivity index is 0.00000242. The summed E-state index contributed by atoms with van der Waals surface area (Å²) < 4.78 is 0. The Morgan fingerprint density at radius 3 is 2.77 bits per heavy atom. The number of rotatable bonds is 4. The molecular formula is C16H32IN3OS. The molecule has 0 spiro atoms. The minimum Gasteiger partial charge on any atom is -0.387 e. The van der Waals surface area contributed by atoms with Crippen LogP contribution >= 0.6 is 35.7 Å². The number of guanidine groups is 1. The summed E-state index contributed by atoms with van der Waals surface area (Å²) >= 11 is 1.84. The molecule has 2 aliphatic rings. The number of hydrogen-bond donors (Lipinski definition) is 2. The van der Waals surface area contributed by atoms with Gasteiger partial charge in [0, 0.05) is 32.4 Å². The van der Waals surface area contributed by atoms with E-state index in [0.29, 0.717) is 12.0 Å². The van der Waals surface area contributed by atoms with Gasteiger partial charge < -0.3 is 15.3 Å². The highest BCUT2D eigenvalue weighted by molar-refractivity contribution is 14.0. The lowest BCUT2D eigenvalue weighted by molar-refractivity contribution is 0.0704. The smallest absolute Gasteiger partial charge is 0.193 e. The lowest BCUT2D eigenvalue weighted by Crippen LogP contribution is -2.53. The zero-order valence-corrected chi connectivity index (χ0v) is 17.4. The maximum Gasteiger partial charge on any atom is 0.193 e. The molecule has 2 heterocycles. The van der Waals surface area contributed by atoms with E-state index in [0.717, 1.165) is 37.0 Å². The van der Waals surface area contributed by atoms with E-state index in [9.17, 15) is 5.11 Å². The molecule has 0 aromatic heterocycles. The molecule has 2 fully saturated rings. The second kappa shape index (κ2) is 8.97. The molecule has 6 heteroatoms. The Hall–Kier alpha value is 0.310. The molecule has 0 amide bonds. The first-order valence-electron chi connectivity index (χ1n) is 8.26. The molecule has 0 radical (unpaired) electrons. The summed E-state index contributed by atoms with van der Waals surface area (Å²) in [7, 11) is 1.85. The van der Waals surface area contributed by atoms with Crippen molar-refractivity contribution in [3.05, 3.63) is 0 Å². The van der Waals surface area contributed by atoms with E-state index >= 15 is 0 Å². The Kier molecular flexibility index (Phi) is 8.30. The van der Waals surface area contributed by atoms with Crippen LogP contribution in [0, 0.1) is 5.41 Å². The van der Waals surface area contributed by atoms with Gasteiger partial charge in [-0.2, -0.15) is 11.8 Å². The topological polar surface area (TPSA) is 47.9 Å². The number of halogens is 1. The van der Waals surface area contributed by atoms with Gasteiger partial charge in [0.05, 0.1) is 5.60 Å². The van der Waals surface area contributed by atoms with Gasteiger partial charge in [-0.15, -0.1) is 24.0 Å². The van der Waals surface area contributed by atoms with E-state index in [1.165, 1.54) is 25.7 Å². The number of aliphatic hydroxyl groups is 1. The molecule has 0 aliphatic carbocycles. The predicted octanol–water partition coefficient (Wildman–Crippen LogP) is 2.95. The average Bonchev–Trinajstić information content (AvgIpc) is 2.87. The van der Waals surface area contributed by atoms with E-state index in [-0.39, 0.29) is 24.0 Å². The summed E-state index contributed by atoms with van der Waals surface area (Å²) in [5, 5.41) is 13.9. The van der Waals surface area contributed by atoms with Crippen molar-refractivity contribution in [3.8, 4) is 0 Å². The summed E-state index contributed by atoms with van der Waals surface area (Å²) in [5.41, 5.74) is -0.145. The first-order chi connectivity index (χ1) is 10.0. The molecule has 2 atom stereocenters. The Labute approximate surface area is 156 Å². The van der Waals surface area contributed by atoms with Crippen LogP contribution in [-0.2, 0) is 0 Å². The van der Waals surface area contributed by atoms with Crippen LogP contribution in [0.5, 0.6) is 0 Å². The van der Waals surface area contributed by atoms with Crippen LogP contribution < -0.4 is 5.32 Å². The van der Waals surface area contributed by atoms with Crippen LogP contribution in [-0.4, -0.2) is 59.8 Å². The largest absolute Gasteiger partial charge is 0.387 e. The average molecular weight is 441 g/mol. The lowest BCUT2D eigenvalue weighted by Gasteiger charge is -2.42. The minimum absolute atomic E-state index is 0. The number of hydrogen-bond acceptors (Lipinski definition) is 3. The van der Waals surface area contributed by atoms with E-state index in [4.69, 9.17) is 0 Å². The molecule has 130 valence electrons. The highest BCUT2D eigenvalue weighted by Gasteiger charge is 2.34. The van der Waals surface area contributed by atoms with Gasteiger partial charge in [-0.3, -0.25) is 4.99 Å². The first kappa shape index (κ1) is 20.4. The van der Waals surface area contributed by atoms with Crippen LogP contribution in [0.3, 0.4) is 0 Å². The number of nitrogens with zero attached hydrogens (tertiary/aromatic N) is 2. The van der Waals surface area contributed by atoms with E-state index in [2.05, 4.69) is 29.1 Å². The second-order valence-corrected chi connectivity index (χ2v) is 8.12. The van der Waals surface area contributed by atoms with Gasteiger partial charge in [0.1, 0.15) is 0 Å². The molecule has 0 aromatic rings. The molecule has 0 saturated carbocycles. The molecule has 22 heavy (non-hydrogen) atoms. The Morgan fingerprint density at radius 2 is 2.18 bits per heavy atom. The summed E-state index contributed by atoms with van der Waals surface area (Å²) in [6.45, 7) is 7.44. The van der Waals surface area contributed by atoms with Crippen molar-refractivity contribution in [1.82, 2.24) is 10.2 Å². The van der Waals surface area contributed by atoms with Crippen molar-refractivity contribution in [2.75, 3.05) is 38.2 Å². The molecule has 0 bridgehead atoms.